The molecular formula is C54H72O10S4. The largest absolute Gasteiger partial charge is 0.506 e. The summed E-state index contributed by atoms with van der Waals surface area (Å²) in [6.07, 6.45) is 0. The maximum Gasteiger partial charge on any atom is 0.344 e. The molecule has 68 heavy (non-hydrogen) atoms. The second-order valence-electron chi connectivity index (χ2n) is 20.9. The van der Waals surface area contributed by atoms with Crippen LogP contribution in [0.4, 0.5) is 0 Å². The zero-order chi connectivity index (χ0) is 49.4. The van der Waals surface area contributed by atoms with Gasteiger partial charge in [-0.1, -0.05) is 130 Å². The lowest BCUT2D eigenvalue weighted by Crippen LogP contribution is -2.17. The lowest BCUT2D eigenvalue weighted by Gasteiger charge is -2.28. The molecule has 0 spiro atoms. The van der Waals surface area contributed by atoms with Crippen LogP contribution in [-0.2, 0) is 50.1 Å². The maximum absolute atomic E-state index is 13.2. The summed E-state index contributed by atoms with van der Waals surface area (Å²) < 4.78 is 49.5. The van der Waals surface area contributed by atoms with Gasteiger partial charge in [-0.25, -0.2) is 4.79 Å². The highest BCUT2D eigenvalue weighted by molar-refractivity contribution is 8.01. The van der Waals surface area contributed by atoms with Crippen LogP contribution in [0.15, 0.2) is 87.7 Å². The summed E-state index contributed by atoms with van der Waals surface area (Å²) in [5.41, 5.74) is 3.28. The van der Waals surface area contributed by atoms with Gasteiger partial charge in [0, 0.05) is 0 Å². The van der Waals surface area contributed by atoms with E-state index in [1.54, 1.807) is 30.4 Å². The number of carbonyl (C=O) groups is 1. The lowest BCUT2D eigenvalue weighted by molar-refractivity contribution is -0.145. The van der Waals surface area contributed by atoms with E-state index < -0.39 is 5.97 Å². The number of ether oxygens (including phenoxy) is 8. The fourth-order valence-corrected chi connectivity index (χ4v) is 11.7. The van der Waals surface area contributed by atoms with Gasteiger partial charge in [-0.05, 0) is 99.4 Å². The van der Waals surface area contributed by atoms with Crippen LogP contribution in [-0.4, -0.2) is 90.4 Å². The van der Waals surface area contributed by atoms with E-state index in [4.69, 9.17) is 37.9 Å². The molecule has 2 heterocycles. The first-order valence-corrected chi connectivity index (χ1v) is 26.8. The molecular weight excluding hydrogens is 937 g/mol. The molecule has 372 valence electrons. The smallest absolute Gasteiger partial charge is 0.344 e. The van der Waals surface area contributed by atoms with E-state index in [2.05, 4.69) is 132 Å². The number of hydrogen-bond donors (Lipinski definition) is 1. The van der Waals surface area contributed by atoms with Gasteiger partial charge < -0.3 is 43.0 Å². The van der Waals surface area contributed by atoms with Gasteiger partial charge in [-0.3, -0.25) is 0 Å². The molecule has 0 aliphatic carbocycles. The Kier molecular flexibility index (Phi) is 18.6. The average molecular weight is 1010 g/mol. The summed E-state index contributed by atoms with van der Waals surface area (Å²) in [4.78, 5) is 19.6. The summed E-state index contributed by atoms with van der Waals surface area (Å²) in [5.74, 6) is 1.57. The van der Waals surface area contributed by atoms with Gasteiger partial charge in [0.1, 0.15) is 36.2 Å². The van der Waals surface area contributed by atoms with E-state index in [1.807, 2.05) is 0 Å². The van der Waals surface area contributed by atoms with Crippen molar-refractivity contribution in [3.8, 4) is 23.0 Å². The minimum Gasteiger partial charge on any atom is -0.506 e. The Morgan fingerprint density at radius 3 is 1.06 bits per heavy atom. The van der Waals surface area contributed by atoms with Crippen LogP contribution in [0.1, 0.15) is 112 Å². The summed E-state index contributed by atoms with van der Waals surface area (Å²) in [7, 11) is 0. The number of benzene rings is 4. The Balaban J connectivity index is 1.72. The van der Waals surface area contributed by atoms with Gasteiger partial charge in [0.2, 0.25) is 0 Å². The van der Waals surface area contributed by atoms with Crippen molar-refractivity contribution in [3.05, 3.63) is 70.8 Å². The van der Waals surface area contributed by atoms with E-state index in [1.165, 1.54) is 23.5 Å². The number of fused-ring (bicyclic) bond motifs is 2. The van der Waals surface area contributed by atoms with Crippen molar-refractivity contribution in [2.45, 2.75) is 151 Å². The Bertz CT molecular complexity index is 2240. The standard InChI is InChI=1S/C54H72O10S4/c1-14-61-46(55)33-64-50-44-31-37(54(11,12)13)32-45(50)68-43-30-36(53(8,9)10)28-41-49(43)63-24-22-60-20-18-58-16-15-57-17-19-59-21-23-62-48-40(27-35(52(5,6)7)29-42(48)67-44)65-38-25-34(51(2,3)4)26-39(66-41)47(38)56/h25-32,56H,14-24,33H2,1-13H3. The van der Waals surface area contributed by atoms with Crippen molar-refractivity contribution in [1.29, 1.82) is 0 Å². The molecule has 14 heteroatoms. The number of aromatic hydroxyl groups is 1. The molecule has 4 aromatic rings. The molecule has 0 saturated heterocycles. The number of phenols is 1. The first-order valence-electron chi connectivity index (χ1n) is 23.5. The van der Waals surface area contributed by atoms with E-state index >= 15 is 0 Å². The second-order valence-corrected chi connectivity index (χ2v) is 25.2. The summed E-state index contributed by atoms with van der Waals surface area (Å²) >= 11 is 6.07. The predicted octanol–water partition coefficient (Wildman–Crippen LogP) is 13.3. The average Bonchev–Trinajstić information content (AvgIpc) is 3.23. The molecule has 1 N–H and O–H groups in total. The molecule has 10 bridgehead atoms. The third-order valence-electron chi connectivity index (χ3n) is 11.1. The Hall–Kier alpha value is -3.21. The van der Waals surface area contributed by atoms with Crippen LogP contribution >= 0.6 is 47.0 Å². The van der Waals surface area contributed by atoms with Crippen LogP contribution in [0.2, 0.25) is 0 Å². The van der Waals surface area contributed by atoms with Gasteiger partial charge in [0.15, 0.2) is 6.61 Å². The first-order chi connectivity index (χ1) is 32.0. The molecule has 10 nitrogen and oxygen atoms in total. The van der Waals surface area contributed by atoms with Crippen molar-refractivity contribution < 1.29 is 47.8 Å². The molecule has 0 radical (unpaired) electrons. The fourth-order valence-electron chi connectivity index (χ4n) is 7.06. The third kappa shape index (κ3) is 14.7. The molecule has 0 saturated carbocycles. The third-order valence-corrected chi connectivity index (χ3v) is 15.4. The van der Waals surface area contributed by atoms with Crippen LogP contribution in [0.5, 0.6) is 23.0 Å². The zero-order valence-corrected chi connectivity index (χ0v) is 45.6. The SMILES string of the molecule is CCOC(=O)COc1c2cc(C(C)(C)C)cc1Sc1cc(C(C)(C)C)cc3c1OCCOCCOCCOCCOCCOc1c(cc(C(C)(C)C)cc1S2)Sc1cc(C(C)(C)C)cc(c1O)S3. The minimum absolute atomic E-state index is 0.176. The molecule has 6 rings (SSSR count). The molecule has 0 fully saturated rings. The lowest BCUT2D eigenvalue weighted by atomic mass is 9.87. The highest BCUT2D eigenvalue weighted by atomic mass is 32.2. The predicted molar refractivity (Wildman–Crippen MR) is 275 cm³/mol. The molecule has 4 aromatic carbocycles. The van der Waals surface area contributed by atoms with Crippen molar-refractivity contribution in [2.75, 3.05) is 79.3 Å². The number of phenolic OH excluding ortho intramolecular Hbond substituents is 1. The number of rotatable bonds is 4. The van der Waals surface area contributed by atoms with Crippen molar-refractivity contribution in [2.24, 2.45) is 0 Å². The van der Waals surface area contributed by atoms with E-state index in [0.29, 0.717) is 79.9 Å². The molecule has 2 aliphatic rings. The molecule has 0 amide bonds. The van der Waals surface area contributed by atoms with E-state index in [-0.39, 0.29) is 53.8 Å². The molecule has 2 aliphatic heterocycles. The maximum atomic E-state index is 13.2. The number of esters is 1. The van der Waals surface area contributed by atoms with Crippen LogP contribution in [0.3, 0.4) is 0 Å². The Morgan fingerprint density at radius 1 is 0.471 bits per heavy atom. The summed E-state index contributed by atoms with van der Waals surface area (Å²) in [6, 6.07) is 17.3. The first kappa shape index (κ1) is 54.1. The van der Waals surface area contributed by atoms with Gasteiger partial charge >= 0.3 is 5.97 Å². The zero-order valence-electron chi connectivity index (χ0n) is 42.4. The van der Waals surface area contributed by atoms with E-state index in [0.717, 1.165) is 51.6 Å². The second kappa shape index (κ2) is 23.3. The Labute approximate surface area is 422 Å². The molecule has 0 unspecified atom stereocenters. The quantitative estimate of drug-likeness (QED) is 0.172. The summed E-state index contributed by atoms with van der Waals surface area (Å²) in [5, 5.41) is 12.6. The van der Waals surface area contributed by atoms with Gasteiger partial charge in [0.05, 0.1) is 98.6 Å². The van der Waals surface area contributed by atoms with Crippen molar-refractivity contribution >= 4 is 53.0 Å². The van der Waals surface area contributed by atoms with Gasteiger partial charge in [-0.2, -0.15) is 0 Å². The number of hydrogen-bond acceptors (Lipinski definition) is 14. The van der Waals surface area contributed by atoms with Crippen LogP contribution in [0.25, 0.3) is 0 Å². The topological polar surface area (TPSA) is 111 Å². The van der Waals surface area contributed by atoms with Crippen molar-refractivity contribution in [1.82, 2.24) is 0 Å². The Morgan fingerprint density at radius 2 is 0.750 bits per heavy atom. The van der Waals surface area contributed by atoms with Gasteiger partial charge in [-0.15, -0.1) is 0 Å². The summed E-state index contributed by atoms with van der Waals surface area (Å²) in [6.45, 7) is 31.8. The monoisotopic (exact) mass is 1010 g/mol. The van der Waals surface area contributed by atoms with Crippen LogP contribution in [0, 0.1) is 0 Å². The fraction of sp³-hybridized carbons (Fsp3) is 0.537. The highest BCUT2D eigenvalue weighted by Gasteiger charge is 2.30. The van der Waals surface area contributed by atoms with E-state index in [9.17, 15) is 9.90 Å². The molecule has 0 atom stereocenters. The normalized spacial score (nSPS) is 16.3. The van der Waals surface area contributed by atoms with Crippen LogP contribution < -0.4 is 14.2 Å². The van der Waals surface area contributed by atoms with Crippen molar-refractivity contribution in [3.63, 3.8) is 0 Å². The minimum atomic E-state index is -0.460. The number of carbonyl (C=O) groups excluding carboxylic acids is 1. The van der Waals surface area contributed by atoms with Gasteiger partial charge in [0.25, 0.3) is 0 Å². The molecule has 0 aromatic heterocycles. The highest BCUT2D eigenvalue weighted by Crippen LogP contribution is 2.56.